The maximum Gasteiger partial charge on any atom is 0.0621 e. The zero-order valence-corrected chi connectivity index (χ0v) is 9.12. The van der Waals surface area contributed by atoms with Crippen LogP contribution in [0.5, 0.6) is 0 Å². The second-order valence-electron chi connectivity index (χ2n) is 3.10. The van der Waals surface area contributed by atoms with E-state index in [9.17, 15) is 0 Å². The molecule has 0 saturated carbocycles. The third-order valence-electron chi connectivity index (χ3n) is 1.94. The number of hydrogen-bond donors (Lipinski definition) is 1. The Hall–Kier alpha value is -0.240. The molecule has 1 nitrogen and oxygen atoms in total. The smallest absolute Gasteiger partial charge is 0.0621 e. The van der Waals surface area contributed by atoms with Crippen LogP contribution in [-0.4, -0.2) is 6.54 Å². The van der Waals surface area contributed by atoms with E-state index >= 15 is 0 Å². The first-order chi connectivity index (χ1) is 6.15. The molecule has 72 valence electrons. The lowest BCUT2D eigenvalue weighted by Gasteiger charge is -2.05. The Morgan fingerprint density at radius 3 is 2.54 bits per heavy atom. The topological polar surface area (TPSA) is 26.0 Å². The maximum absolute atomic E-state index is 5.93. The van der Waals surface area contributed by atoms with Crippen molar-refractivity contribution in [3.8, 4) is 0 Å². The van der Waals surface area contributed by atoms with Gasteiger partial charge in [-0.2, -0.15) is 0 Å². The Kier molecular flexibility index (Phi) is 4.04. The summed E-state index contributed by atoms with van der Waals surface area (Å²) in [5, 5.41) is 1.28. The van der Waals surface area contributed by atoms with Crippen LogP contribution in [0.25, 0.3) is 0 Å². The van der Waals surface area contributed by atoms with Crippen LogP contribution in [0.4, 0.5) is 0 Å². The fourth-order valence-corrected chi connectivity index (χ4v) is 1.65. The third kappa shape index (κ3) is 2.87. The van der Waals surface area contributed by atoms with Gasteiger partial charge < -0.3 is 5.73 Å². The molecule has 2 N–H and O–H groups in total. The second kappa shape index (κ2) is 4.85. The molecular weight excluding hydrogens is 205 g/mol. The summed E-state index contributed by atoms with van der Waals surface area (Å²) in [6, 6.07) is 3.97. The van der Waals surface area contributed by atoms with Gasteiger partial charge in [0.15, 0.2) is 0 Å². The van der Waals surface area contributed by atoms with Crippen LogP contribution >= 0.6 is 23.2 Å². The van der Waals surface area contributed by atoms with Crippen LogP contribution in [0.1, 0.15) is 17.5 Å². The lowest BCUT2D eigenvalue weighted by Crippen LogP contribution is -2.00. The highest BCUT2D eigenvalue weighted by molar-refractivity contribution is 6.42. The molecule has 0 amide bonds. The van der Waals surface area contributed by atoms with E-state index in [1.807, 2.05) is 13.0 Å². The Labute approximate surface area is 88.8 Å². The first kappa shape index (κ1) is 10.8. The predicted molar refractivity (Wildman–Crippen MR) is 58.6 cm³/mol. The van der Waals surface area contributed by atoms with E-state index in [4.69, 9.17) is 28.9 Å². The van der Waals surface area contributed by atoms with Gasteiger partial charge in [0.1, 0.15) is 0 Å². The fraction of sp³-hybridized carbons (Fsp3) is 0.400. The zero-order chi connectivity index (χ0) is 9.84. The molecule has 0 aliphatic rings. The molecule has 0 aromatic heterocycles. The lowest BCUT2D eigenvalue weighted by atomic mass is 10.1. The van der Waals surface area contributed by atoms with E-state index < -0.39 is 0 Å². The maximum atomic E-state index is 5.93. The highest BCUT2D eigenvalue weighted by Gasteiger charge is 2.03. The van der Waals surface area contributed by atoms with Crippen molar-refractivity contribution in [1.29, 1.82) is 0 Å². The van der Waals surface area contributed by atoms with Crippen LogP contribution in [-0.2, 0) is 6.42 Å². The van der Waals surface area contributed by atoms with E-state index in [1.54, 1.807) is 0 Å². The summed E-state index contributed by atoms with van der Waals surface area (Å²) in [6.07, 6.45) is 1.95. The Bertz CT molecular complexity index is 274. The zero-order valence-electron chi connectivity index (χ0n) is 7.61. The molecule has 3 heteroatoms. The molecule has 0 aliphatic carbocycles. The first-order valence-electron chi connectivity index (χ1n) is 4.29. The molecule has 0 spiro atoms. The number of rotatable bonds is 3. The lowest BCUT2D eigenvalue weighted by molar-refractivity contribution is 0.832. The molecule has 0 radical (unpaired) electrons. The molecule has 0 saturated heterocycles. The standard InChI is InChI=1S/C10H13Cl2N/c1-7-5-8(3-2-4-13)6-9(11)10(7)12/h5-6H,2-4,13H2,1H3. The second-order valence-corrected chi connectivity index (χ2v) is 3.89. The fourth-order valence-electron chi connectivity index (χ4n) is 1.25. The van der Waals surface area contributed by atoms with Gasteiger partial charge in [-0.1, -0.05) is 29.3 Å². The van der Waals surface area contributed by atoms with E-state index in [2.05, 4.69) is 6.07 Å². The summed E-state index contributed by atoms with van der Waals surface area (Å²) in [5.41, 5.74) is 7.66. The van der Waals surface area contributed by atoms with E-state index in [0.717, 1.165) is 18.4 Å². The van der Waals surface area contributed by atoms with E-state index in [0.29, 0.717) is 16.6 Å². The number of benzene rings is 1. The molecular formula is C10H13Cl2N. The average molecular weight is 218 g/mol. The van der Waals surface area contributed by atoms with Crippen LogP contribution in [0.3, 0.4) is 0 Å². The highest BCUT2D eigenvalue weighted by Crippen LogP contribution is 2.27. The van der Waals surface area contributed by atoms with Crippen LogP contribution < -0.4 is 5.73 Å². The summed E-state index contributed by atoms with van der Waals surface area (Å²) in [5.74, 6) is 0. The SMILES string of the molecule is Cc1cc(CCCN)cc(Cl)c1Cl. The van der Waals surface area contributed by atoms with Crippen molar-refractivity contribution < 1.29 is 0 Å². The van der Waals surface area contributed by atoms with Gasteiger partial charge >= 0.3 is 0 Å². The van der Waals surface area contributed by atoms with Gasteiger partial charge in [-0.25, -0.2) is 0 Å². The minimum absolute atomic E-state index is 0.633. The van der Waals surface area contributed by atoms with E-state index in [-0.39, 0.29) is 0 Å². The van der Waals surface area contributed by atoms with Crippen molar-refractivity contribution in [3.63, 3.8) is 0 Å². The normalized spacial score (nSPS) is 10.5. The van der Waals surface area contributed by atoms with E-state index in [1.165, 1.54) is 5.56 Å². The molecule has 1 rings (SSSR count). The first-order valence-corrected chi connectivity index (χ1v) is 5.05. The molecule has 1 aromatic carbocycles. The minimum Gasteiger partial charge on any atom is -0.330 e. The van der Waals surface area contributed by atoms with Gasteiger partial charge in [-0.05, 0) is 43.5 Å². The highest BCUT2D eigenvalue weighted by atomic mass is 35.5. The molecule has 0 aliphatic heterocycles. The number of halogens is 2. The van der Waals surface area contributed by atoms with Crippen molar-refractivity contribution >= 4 is 23.2 Å². The number of hydrogen-bond acceptors (Lipinski definition) is 1. The van der Waals surface area contributed by atoms with Crippen molar-refractivity contribution in [3.05, 3.63) is 33.3 Å². The third-order valence-corrected chi connectivity index (χ3v) is 2.84. The monoisotopic (exact) mass is 217 g/mol. The molecule has 0 heterocycles. The van der Waals surface area contributed by atoms with Crippen molar-refractivity contribution in [2.45, 2.75) is 19.8 Å². The summed E-state index contributed by atoms with van der Waals surface area (Å²) in [7, 11) is 0. The van der Waals surface area contributed by atoms with Crippen LogP contribution in [0.15, 0.2) is 12.1 Å². The van der Waals surface area contributed by atoms with Crippen molar-refractivity contribution in [1.82, 2.24) is 0 Å². The molecule has 13 heavy (non-hydrogen) atoms. The van der Waals surface area contributed by atoms with Crippen molar-refractivity contribution in [2.75, 3.05) is 6.54 Å². The average Bonchev–Trinajstić information content (AvgIpc) is 2.10. The molecule has 0 bridgehead atoms. The molecule has 1 aromatic rings. The Morgan fingerprint density at radius 2 is 2.00 bits per heavy atom. The Balaban J connectivity index is 2.86. The largest absolute Gasteiger partial charge is 0.330 e. The quantitative estimate of drug-likeness (QED) is 0.828. The van der Waals surface area contributed by atoms with Crippen LogP contribution in [0, 0.1) is 6.92 Å². The van der Waals surface area contributed by atoms with Gasteiger partial charge in [-0.15, -0.1) is 0 Å². The van der Waals surface area contributed by atoms with Gasteiger partial charge in [-0.3, -0.25) is 0 Å². The van der Waals surface area contributed by atoms with Crippen molar-refractivity contribution in [2.24, 2.45) is 5.73 Å². The Morgan fingerprint density at radius 1 is 1.31 bits per heavy atom. The minimum atomic E-state index is 0.633. The van der Waals surface area contributed by atoms with Gasteiger partial charge in [0.25, 0.3) is 0 Å². The summed E-state index contributed by atoms with van der Waals surface area (Å²) < 4.78 is 0. The summed E-state index contributed by atoms with van der Waals surface area (Å²) in [4.78, 5) is 0. The summed E-state index contributed by atoms with van der Waals surface area (Å²) in [6.45, 7) is 2.67. The summed E-state index contributed by atoms with van der Waals surface area (Å²) >= 11 is 11.9. The van der Waals surface area contributed by atoms with Gasteiger partial charge in [0.05, 0.1) is 10.0 Å². The van der Waals surface area contributed by atoms with Gasteiger partial charge in [0.2, 0.25) is 0 Å². The van der Waals surface area contributed by atoms with Gasteiger partial charge in [0, 0.05) is 0 Å². The predicted octanol–water partition coefficient (Wildman–Crippen LogP) is 3.19. The number of aryl methyl sites for hydroxylation is 2. The molecule has 0 unspecified atom stereocenters. The number of nitrogens with two attached hydrogens (primary N) is 1. The molecule has 0 atom stereocenters. The van der Waals surface area contributed by atoms with Crippen LogP contribution in [0.2, 0.25) is 10.0 Å². The molecule has 0 fully saturated rings.